The molecular formula is C5H9I3O3. The lowest BCUT2D eigenvalue weighted by Gasteiger charge is -2.16. The average molecular weight is 498 g/mol. The van der Waals surface area contributed by atoms with Crippen LogP contribution in [0, 0.1) is 0 Å². The molecule has 0 atom stereocenters. The molecule has 0 fully saturated rings. The van der Waals surface area contributed by atoms with Crippen molar-refractivity contribution in [2.24, 2.45) is 0 Å². The van der Waals surface area contributed by atoms with Gasteiger partial charge in [0.05, 0.1) is 0 Å². The standard InChI is InChI=1S/C5H9I3O3/c6-4(7,8)2-1-3-5(9,10)11/h9-11H,1-3H2. The maximum atomic E-state index is 8.52. The third-order valence-electron chi connectivity index (χ3n) is 0.972. The Morgan fingerprint density at radius 2 is 1.36 bits per heavy atom. The van der Waals surface area contributed by atoms with Crippen molar-refractivity contribution in [3.8, 4) is 0 Å². The van der Waals surface area contributed by atoms with Crippen molar-refractivity contribution >= 4 is 67.8 Å². The van der Waals surface area contributed by atoms with E-state index in [-0.39, 0.29) is 5.86 Å². The van der Waals surface area contributed by atoms with E-state index in [1.54, 1.807) is 0 Å². The highest BCUT2D eigenvalue weighted by molar-refractivity contribution is 14.3. The first kappa shape index (κ1) is 13.1. The Morgan fingerprint density at radius 1 is 0.909 bits per heavy atom. The number of hydrogen-bond acceptors (Lipinski definition) is 3. The van der Waals surface area contributed by atoms with Gasteiger partial charge in [-0.05, 0) is 12.8 Å². The summed E-state index contributed by atoms with van der Waals surface area (Å²) in [5.41, 5.74) is 0. The van der Waals surface area contributed by atoms with Gasteiger partial charge in [-0.25, -0.2) is 0 Å². The van der Waals surface area contributed by atoms with E-state index in [1.165, 1.54) is 0 Å². The van der Waals surface area contributed by atoms with Crippen molar-refractivity contribution in [3.63, 3.8) is 0 Å². The van der Waals surface area contributed by atoms with E-state index >= 15 is 0 Å². The van der Waals surface area contributed by atoms with Gasteiger partial charge in [0.1, 0.15) is -0.565 Å². The molecule has 3 nitrogen and oxygen atoms in total. The second-order valence-electron chi connectivity index (χ2n) is 2.24. The van der Waals surface area contributed by atoms with Crippen LogP contribution in [0.4, 0.5) is 0 Å². The molecule has 0 heterocycles. The molecule has 68 valence electrons. The van der Waals surface area contributed by atoms with Gasteiger partial charge in [-0.1, -0.05) is 67.8 Å². The van der Waals surface area contributed by atoms with Crippen LogP contribution in [0.25, 0.3) is 0 Å². The topological polar surface area (TPSA) is 60.7 Å². The van der Waals surface area contributed by atoms with Gasteiger partial charge in [-0.3, -0.25) is 0 Å². The number of rotatable bonds is 4. The minimum absolute atomic E-state index is 0.00373. The third kappa shape index (κ3) is 12.1. The SMILES string of the molecule is OC(O)(O)CCCC(I)(I)I. The zero-order valence-corrected chi connectivity index (χ0v) is 12.1. The van der Waals surface area contributed by atoms with Gasteiger partial charge in [0.25, 0.3) is 5.97 Å². The van der Waals surface area contributed by atoms with Crippen molar-refractivity contribution in [2.75, 3.05) is 0 Å². The lowest BCUT2D eigenvalue weighted by Crippen LogP contribution is -2.26. The summed E-state index contributed by atoms with van der Waals surface area (Å²) in [6.45, 7) is 0. The zero-order chi connectivity index (χ0) is 9.12. The summed E-state index contributed by atoms with van der Waals surface area (Å²) in [4.78, 5) is 0. The summed E-state index contributed by atoms with van der Waals surface area (Å²) in [6.07, 6.45) is 1.43. The fourth-order valence-electron chi connectivity index (χ4n) is 0.526. The average Bonchev–Trinajstić information content (AvgIpc) is 1.55. The minimum atomic E-state index is -2.49. The molecule has 0 saturated carbocycles. The largest absolute Gasteiger partial charge is 0.344 e. The van der Waals surface area contributed by atoms with Gasteiger partial charge in [0, 0.05) is 6.42 Å². The molecule has 0 unspecified atom stereocenters. The lowest BCUT2D eigenvalue weighted by molar-refractivity contribution is -0.314. The summed E-state index contributed by atoms with van der Waals surface area (Å²) < 4.78 is 0.0958. The van der Waals surface area contributed by atoms with Crippen LogP contribution < -0.4 is 0 Å². The van der Waals surface area contributed by atoms with Gasteiger partial charge in [0.2, 0.25) is 0 Å². The molecular weight excluding hydrogens is 489 g/mol. The van der Waals surface area contributed by atoms with E-state index in [1.807, 2.05) is 0 Å². The smallest absolute Gasteiger partial charge is 0.275 e. The van der Waals surface area contributed by atoms with Crippen LogP contribution in [-0.2, 0) is 0 Å². The van der Waals surface area contributed by atoms with Crippen molar-refractivity contribution in [1.82, 2.24) is 0 Å². The molecule has 11 heavy (non-hydrogen) atoms. The molecule has 0 aromatic rings. The molecule has 0 aliphatic rings. The Balaban J connectivity index is 3.44. The molecule has 0 aliphatic carbocycles. The predicted octanol–water partition coefficient (Wildman–Crippen LogP) is 1.75. The van der Waals surface area contributed by atoms with Crippen molar-refractivity contribution in [2.45, 2.75) is 24.7 Å². The summed E-state index contributed by atoms with van der Waals surface area (Å²) >= 11 is 6.77. The Morgan fingerprint density at radius 3 is 1.64 bits per heavy atom. The van der Waals surface area contributed by atoms with Crippen LogP contribution in [0.1, 0.15) is 19.3 Å². The van der Waals surface area contributed by atoms with E-state index in [4.69, 9.17) is 15.3 Å². The van der Waals surface area contributed by atoms with Crippen LogP contribution in [0.2, 0.25) is 0 Å². The van der Waals surface area contributed by atoms with E-state index in [0.29, 0.717) is 6.42 Å². The molecule has 0 amide bonds. The normalized spacial score (nSPS) is 13.6. The summed E-state index contributed by atoms with van der Waals surface area (Å²) in [5.74, 6) is -2.49. The molecule has 0 saturated heterocycles. The third-order valence-corrected chi connectivity index (χ3v) is 2.59. The molecule has 0 aromatic carbocycles. The number of hydrogen-bond donors (Lipinski definition) is 3. The summed E-state index contributed by atoms with van der Waals surface area (Å²) in [6, 6.07) is 0. The summed E-state index contributed by atoms with van der Waals surface area (Å²) in [7, 11) is 0. The molecule has 0 bridgehead atoms. The molecule has 0 radical (unpaired) electrons. The molecule has 0 aromatic heterocycles. The van der Waals surface area contributed by atoms with Gasteiger partial charge in [-0.15, -0.1) is 0 Å². The first-order valence-corrected chi connectivity index (χ1v) is 6.18. The van der Waals surface area contributed by atoms with E-state index in [9.17, 15) is 0 Å². The van der Waals surface area contributed by atoms with E-state index < -0.39 is 5.97 Å². The van der Waals surface area contributed by atoms with Crippen LogP contribution in [0.3, 0.4) is 0 Å². The zero-order valence-electron chi connectivity index (χ0n) is 5.60. The van der Waals surface area contributed by atoms with E-state index in [2.05, 4.69) is 67.8 Å². The molecule has 6 heteroatoms. The molecule has 0 aliphatic heterocycles. The highest BCUT2D eigenvalue weighted by Crippen LogP contribution is 2.40. The number of aliphatic hydroxyl groups is 3. The highest BCUT2D eigenvalue weighted by Gasteiger charge is 2.22. The second-order valence-corrected chi connectivity index (χ2v) is 14.0. The van der Waals surface area contributed by atoms with Crippen LogP contribution in [0.15, 0.2) is 0 Å². The van der Waals surface area contributed by atoms with Crippen LogP contribution in [0.5, 0.6) is 0 Å². The molecule has 0 rings (SSSR count). The lowest BCUT2D eigenvalue weighted by atomic mass is 10.2. The Labute approximate surface area is 106 Å². The Bertz CT molecular complexity index is 101. The fraction of sp³-hybridized carbons (Fsp3) is 1.00. The Hall–Kier alpha value is 2.07. The van der Waals surface area contributed by atoms with E-state index in [0.717, 1.165) is 6.42 Å². The summed E-state index contributed by atoms with van der Waals surface area (Å²) in [5, 5.41) is 25.6. The van der Waals surface area contributed by atoms with Crippen LogP contribution in [-0.4, -0.2) is 20.7 Å². The predicted molar refractivity (Wildman–Crippen MR) is 68.0 cm³/mol. The fourth-order valence-corrected chi connectivity index (χ4v) is 1.67. The molecule has 3 N–H and O–H groups in total. The maximum absolute atomic E-state index is 8.52. The first-order chi connectivity index (χ1) is 4.71. The van der Waals surface area contributed by atoms with Gasteiger partial charge in [-0.2, -0.15) is 0 Å². The Kier molecular flexibility index (Phi) is 6.03. The highest BCUT2D eigenvalue weighted by atomic mass is 127. The van der Waals surface area contributed by atoms with Crippen molar-refractivity contribution < 1.29 is 15.3 Å². The van der Waals surface area contributed by atoms with Gasteiger partial charge >= 0.3 is 0 Å². The second kappa shape index (κ2) is 5.08. The van der Waals surface area contributed by atoms with Crippen LogP contribution >= 0.6 is 67.8 Å². The number of alkyl halides is 3. The molecule has 0 spiro atoms. The van der Waals surface area contributed by atoms with Crippen molar-refractivity contribution in [3.05, 3.63) is 0 Å². The minimum Gasteiger partial charge on any atom is -0.344 e. The number of halogens is 3. The van der Waals surface area contributed by atoms with Gasteiger partial charge in [0.15, 0.2) is 0 Å². The quantitative estimate of drug-likeness (QED) is 0.315. The monoisotopic (exact) mass is 498 g/mol. The van der Waals surface area contributed by atoms with Crippen molar-refractivity contribution in [1.29, 1.82) is 0 Å². The maximum Gasteiger partial charge on any atom is 0.275 e. The first-order valence-electron chi connectivity index (χ1n) is 2.94. The van der Waals surface area contributed by atoms with Gasteiger partial charge < -0.3 is 15.3 Å².